The van der Waals surface area contributed by atoms with Gasteiger partial charge in [-0.2, -0.15) is 5.10 Å². The number of piperidine rings is 1. The van der Waals surface area contributed by atoms with Gasteiger partial charge in [0.15, 0.2) is 0 Å². The number of hydrogen-bond donors (Lipinski definition) is 0. The number of likely N-dealkylation sites (tertiary alicyclic amines) is 1. The van der Waals surface area contributed by atoms with E-state index in [0.29, 0.717) is 31.1 Å². The number of para-hydroxylation sites is 1. The summed E-state index contributed by atoms with van der Waals surface area (Å²) in [6.07, 6.45) is 2.81. The van der Waals surface area contributed by atoms with Crippen LogP contribution in [-0.4, -0.2) is 44.5 Å². The van der Waals surface area contributed by atoms with Gasteiger partial charge < -0.3 is 9.64 Å². The average Bonchev–Trinajstić information content (AvgIpc) is 2.76. The Balaban J connectivity index is 1.75. The lowest BCUT2D eigenvalue weighted by Crippen LogP contribution is -2.45. The molecule has 7 nitrogen and oxygen atoms in total. The van der Waals surface area contributed by atoms with Gasteiger partial charge in [-0.3, -0.25) is 9.80 Å². The number of amides is 1. The van der Waals surface area contributed by atoms with E-state index in [1.807, 2.05) is 24.3 Å². The average molecular weight is 413 g/mol. The number of rotatable bonds is 4. The summed E-state index contributed by atoms with van der Waals surface area (Å²) >= 11 is 0. The molecule has 0 spiro atoms. The molecule has 0 N–H and O–H groups in total. The summed E-state index contributed by atoms with van der Waals surface area (Å²) in [6.45, 7) is 1.44. The van der Waals surface area contributed by atoms with E-state index in [2.05, 4.69) is 5.10 Å². The van der Waals surface area contributed by atoms with Crippen molar-refractivity contribution in [2.24, 2.45) is 5.10 Å². The van der Waals surface area contributed by atoms with E-state index in [0.717, 1.165) is 24.8 Å². The molecule has 4 rings (SSSR count). The smallest absolute Gasteiger partial charge is 0.286 e. The van der Waals surface area contributed by atoms with E-state index < -0.39 is 20.8 Å². The van der Waals surface area contributed by atoms with Crippen LogP contribution in [0.5, 0.6) is 5.75 Å². The molecule has 152 valence electrons. The lowest BCUT2D eigenvalue weighted by molar-refractivity contribution is -0.124. The van der Waals surface area contributed by atoms with Gasteiger partial charge in [-0.15, -0.1) is 0 Å². The molecule has 1 fully saturated rings. The molecule has 29 heavy (non-hydrogen) atoms. The van der Waals surface area contributed by atoms with Crippen molar-refractivity contribution in [2.45, 2.75) is 30.7 Å². The molecule has 0 radical (unpaired) electrons. The summed E-state index contributed by atoms with van der Waals surface area (Å²) in [5.74, 6) is 0.184. The van der Waals surface area contributed by atoms with Crippen LogP contribution in [0.15, 0.2) is 58.5 Å². The molecule has 0 aliphatic carbocycles. The SMILES string of the molecule is COc1cccc(CN2N=C(C(=O)N3CCCCC3)S(=O)(=O)c3ccccc32)c1. The van der Waals surface area contributed by atoms with Crippen LogP contribution in [-0.2, 0) is 21.2 Å². The van der Waals surface area contributed by atoms with Crippen LogP contribution in [0.2, 0.25) is 0 Å². The van der Waals surface area contributed by atoms with Gasteiger partial charge in [0.05, 0.1) is 24.2 Å². The molecule has 0 unspecified atom stereocenters. The molecule has 2 aromatic rings. The first kappa shape index (κ1) is 19.4. The highest BCUT2D eigenvalue weighted by Gasteiger charge is 2.39. The number of hydrazone groups is 1. The Hall–Kier alpha value is -2.87. The van der Waals surface area contributed by atoms with Crippen molar-refractivity contribution >= 4 is 26.5 Å². The normalized spacial score (nSPS) is 18.0. The van der Waals surface area contributed by atoms with E-state index >= 15 is 0 Å². The van der Waals surface area contributed by atoms with Crippen molar-refractivity contribution in [1.29, 1.82) is 0 Å². The summed E-state index contributed by atoms with van der Waals surface area (Å²) in [4.78, 5) is 14.8. The maximum absolute atomic E-state index is 13.2. The zero-order valence-corrected chi connectivity index (χ0v) is 17.1. The predicted molar refractivity (Wildman–Crippen MR) is 111 cm³/mol. The van der Waals surface area contributed by atoms with E-state index in [-0.39, 0.29) is 4.90 Å². The Kier molecular flexibility index (Phi) is 5.27. The highest BCUT2D eigenvalue weighted by molar-refractivity contribution is 8.08. The fraction of sp³-hybridized carbons (Fsp3) is 0.333. The lowest BCUT2D eigenvalue weighted by Gasteiger charge is -2.31. The van der Waals surface area contributed by atoms with Crippen LogP contribution >= 0.6 is 0 Å². The number of sulfone groups is 1. The fourth-order valence-electron chi connectivity index (χ4n) is 3.67. The Morgan fingerprint density at radius 1 is 1.07 bits per heavy atom. The third-order valence-electron chi connectivity index (χ3n) is 5.19. The first-order chi connectivity index (χ1) is 14.0. The highest BCUT2D eigenvalue weighted by Crippen LogP contribution is 2.33. The Bertz CT molecular complexity index is 1060. The molecule has 2 aromatic carbocycles. The van der Waals surface area contributed by atoms with Crippen molar-refractivity contribution < 1.29 is 17.9 Å². The van der Waals surface area contributed by atoms with Gasteiger partial charge in [0.1, 0.15) is 5.75 Å². The zero-order chi connectivity index (χ0) is 20.4. The number of fused-ring (bicyclic) bond motifs is 1. The number of ether oxygens (including phenoxy) is 1. The Morgan fingerprint density at radius 2 is 1.83 bits per heavy atom. The summed E-state index contributed by atoms with van der Waals surface area (Å²) in [7, 11) is -2.38. The molecular weight excluding hydrogens is 390 g/mol. The van der Waals surface area contributed by atoms with E-state index in [1.54, 1.807) is 35.2 Å². The summed E-state index contributed by atoms with van der Waals surface area (Å²) < 4.78 is 31.6. The minimum atomic E-state index is -3.98. The molecule has 0 saturated carbocycles. The number of nitrogens with zero attached hydrogens (tertiary/aromatic N) is 3. The van der Waals surface area contributed by atoms with Gasteiger partial charge in [0.2, 0.25) is 14.9 Å². The molecule has 2 aliphatic heterocycles. The second-order valence-electron chi connectivity index (χ2n) is 7.14. The minimum Gasteiger partial charge on any atom is -0.497 e. The monoisotopic (exact) mass is 413 g/mol. The molecule has 2 aliphatic rings. The molecule has 2 heterocycles. The van der Waals surface area contributed by atoms with Crippen molar-refractivity contribution in [3.63, 3.8) is 0 Å². The van der Waals surface area contributed by atoms with Crippen LogP contribution in [0.25, 0.3) is 0 Å². The highest BCUT2D eigenvalue weighted by atomic mass is 32.2. The van der Waals surface area contributed by atoms with E-state index in [4.69, 9.17) is 4.74 Å². The first-order valence-electron chi connectivity index (χ1n) is 9.63. The zero-order valence-electron chi connectivity index (χ0n) is 16.2. The van der Waals surface area contributed by atoms with Gasteiger partial charge in [-0.05, 0) is 49.1 Å². The topological polar surface area (TPSA) is 79.3 Å². The Labute approximate surface area is 170 Å². The number of carbonyl (C=O) groups excluding carboxylic acids is 1. The van der Waals surface area contributed by atoms with Crippen molar-refractivity contribution in [2.75, 3.05) is 25.2 Å². The van der Waals surface area contributed by atoms with Gasteiger partial charge in [0.25, 0.3) is 5.91 Å². The standard InChI is InChI=1S/C21H23N3O4S/c1-28-17-9-7-8-16(14-17)15-24-18-10-3-4-11-19(18)29(26,27)20(22-24)21(25)23-12-5-2-6-13-23/h3-4,7-11,14H,2,5-6,12-13,15H2,1H3. The summed E-state index contributed by atoms with van der Waals surface area (Å²) in [5.41, 5.74) is 1.36. The minimum absolute atomic E-state index is 0.109. The molecule has 0 aromatic heterocycles. The number of benzene rings is 2. The van der Waals surface area contributed by atoms with Gasteiger partial charge in [0, 0.05) is 13.1 Å². The largest absolute Gasteiger partial charge is 0.497 e. The second kappa shape index (κ2) is 7.87. The van der Waals surface area contributed by atoms with Crippen LogP contribution in [0.1, 0.15) is 24.8 Å². The number of methoxy groups -OCH3 is 1. The van der Waals surface area contributed by atoms with Crippen LogP contribution < -0.4 is 9.75 Å². The number of hydrogen-bond acceptors (Lipinski definition) is 6. The molecule has 0 bridgehead atoms. The number of carbonyl (C=O) groups is 1. The van der Waals surface area contributed by atoms with E-state index in [1.165, 1.54) is 6.07 Å². The second-order valence-corrected chi connectivity index (χ2v) is 8.97. The summed E-state index contributed by atoms with van der Waals surface area (Å²) in [5, 5.41) is 5.52. The third kappa shape index (κ3) is 3.72. The van der Waals surface area contributed by atoms with Crippen molar-refractivity contribution in [3.8, 4) is 5.75 Å². The molecular formula is C21H23N3O4S. The first-order valence-corrected chi connectivity index (χ1v) is 11.1. The van der Waals surface area contributed by atoms with Crippen molar-refractivity contribution in [3.05, 3.63) is 54.1 Å². The maximum Gasteiger partial charge on any atom is 0.286 e. The third-order valence-corrected chi connectivity index (χ3v) is 6.88. The van der Waals surface area contributed by atoms with E-state index in [9.17, 15) is 13.2 Å². The Morgan fingerprint density at radius 3 is 2.59 bits per heavy atom. The lowest BCUT2D eigenvalue weighted by atomic mass is 10.1. The fourth-order valence-corrected chi connectivity index (χ4v) is 5.15. The van der Waals surface area contributed by atoms with Gasteiger partial charge in [-0.25, -0.2) is 8.42 Å². The molecule has 1 amide bonds. The molecule has 1 saturated heterocycles. The van der Waals surface area contributed by atoms with Crippen LogP contribution in [0.3, 0.4) is 0 Å². The molecule has 0 atom stereocenters. The number of anilines is 1. The summed E-state index contributed by atoms with van der Waals surface area (Å²) in [6, 6.07) is 14.1. The molecule has 8 heteroatoms. The van der Waals surface area contributed by atoms with Crippen LogP contribution in [0.4, 0.5) is 5.69 Å². The quantitative estimate of drug-likeness (QED) is 0.770. The van der Waals surface area contributed by atoms with Crippen molar-refractivity contribution in [1.82, 2.24) is 4.90 Å². The predicted octanol–water partition coefficient (Wildman–Crippen LogP) is 2.82. The maximum atomic E-state index is 13.2. The van der Waals surface area contributed by atoms with Gasteiger partial charge in [-0.1, -0.05) is 24.3 Å². The van der Waals surface area contributed by atoms with Crippen LogP contribution in [0, 0.1) is 0 Å². The van der Waals surface area contributed by atoms with Gasteiger partial charge >= 0.3 is 0 Å².